The molecule has 114 valence electrons. The molecule has 1 fully saturated rings. The zero-order valence-electron chi connectivity index (χ0n) is 12.2. The Morgan fingerprint density at radius 3 is 2.71 bits per heavy atom. The highest BCUT2D eigenvalue weighted by atomic mass is 16.5. The number of nitrogens with zero attached hydrogens (tertiary/aromatic N) is 1. The van der Waals surface area contributed by atoms with E-state index >= 15 is 0 Å². The standard InChI is InChI=1S/C15H21N3O3/c1-21-10-14(19)18-7-5-13(6-8-18)17-15(20)11-3-2-4-12(16)9-11/h2-4,9,13H,5-8,10,16H2,1H3,(H,17,20). The second-order valence-corrected chi connectivity index (χ2v) is 5.19. The third-order valence-electron chi connectivity index (χ3n) is 3.60. The number of benzene rings is 1. The van der Waals surface area contributed by atoms with E-state index in [1.807, 2.05) is 0 Å². The normalized spacial score (nSPS) is 15.8. The van der Waals surface area contributed by atoms with Gasteiger partial charge in [0.25, 0.3) is 5.91 Å². The number of likely N-dealkylation sites (tertiary alicyclic amines) is 1. The Bertz CT molecular complexity index is 511. The largest absolute Gasteiger partial charge is 0.399 e. The van der Waals surface area contributed by atoms with Gasteiger partial charge in [0.15, 0.2) is 0 Å². The first-order chi connectivity index (χ1) is 10.1. The van der Waals surface area contributed by atoms with Crippen LogP contribution in [0.25, 0.3) is 0 Å². The lowest BCUT2D eigenvalue weighted by Crippen LogP contribution is -2.47. The highest BCUT2D eigenvalue weighted by Gasteiger charge is 2.23. The topological polar surface area (TPSA) is 84.7 Å². The molecule has 0 saturated carbocycles. The molecule has 0 atom stereocenters. The van der Waals surface area contributed by atoms with Gasteiger partial charge in [0.05, 0.1) is 0 Å². The maximum atomic E-state index is 12.1. The lowest BCUT2D eigenvalue weighted by atomic mass is 10.0. The van der Waals surface area contributed by atoms with Crippen molar-refractivity contribution in [2.24, 2.45) is 0 Å². The third-order valence-corrected chi connectivity index (χ3v) is 3.60. The Kier molecular flexibility index (Phi) is 5.16. The molecule has 1 heterocycles. The van der Waals surface area contributed by atoms with Crippen molar-refractivity contribution in [2.45, 2.75) is 18.9 Å². The molecule has 0 aromatic heterocycles. The Balaban J connectivity index is 1.83. The highest BCUT2D eigenvalue weighted by molar-refractivity contribution is 5.95. The van der Waals surface area contributed by atoms with Crippen molar-refractivity contribution in [1.29, 1.82) is 0 Å². The van der Waals surface area contributed by atoms with Crippen molar-refractivity contribution >= 4 is 17.5 Å². The molecule has 0 aliphatic carbocycles. The van der Waals surface area contributed by atoms with Crippen LogP contribution >= 0.6 is 0 Å². The highest BCUT2D eigenvalue weighted by Crippen LogP contribution is 2.12. The van der Waals surface area contributed by atoms with Gasteiger partial charge in [-0.05, 0) is 31.0 Å². The number of amides is 2. The third kappa shape index (κ3) is 4.19. The number of rotatable bonds is 4. The number of anilines is 1. The average molecular weight is 291 g/mol. The van der Waals surface area contributed by atoms with Crippen LogP contribution in [-0.2, 0) is 9.53 Å². The minimum absolute atomic E-state index is 0.00175. The fourth-order valence-electron chi connectivity index (χ4n) is 2.44. The van der Waals surface area contributed by atoms with E-state index in [0.29, 0.717) is 24.3 Å². The number of hydrogen-bond donors (Lipinski definition) is 2. The van der Waals surface area contributed by atoms with Gasteiger partial charge in [-0.25, -0.2) is 0 Å². The lowest BCUT2D eigenvalue weighted by Gasteiger charge is -2.32. The summed E-state index contributed by atoms with van der Waals surface area (Å²) in [5.74, 6) is -0.123. The van der Waals surface area contributed by atoms with Crippen LogP contribution in [-0.4, -0.2) is 49.6 Å². The molecule has 0 unspecified atom stereocenters. The summed E-state index contributed by atoms with van der Waals surface area (Å²) < 4.78 is 4.84. The summed E-state index contributed by atoms with van der Waals surface area (Å²) in [6, 6.07) is 6.99. The second-order valence-electron chi connectivity index (χ2n) is 5.19. The Morgan fingerprint density at radius 2 is 2.10 bits per heavy atom. The number of nitrogens with two attached hydrogens (primary N) is 1. The van der Waals surface area contributed by atoms with Gasteiger partial charge in [-0.2, -0.15) is 0 Å². The Hall–Kier alpha value is -2.08. The molecular weight excluding hydrogens is 270 g/mol. The quantitative estimate of drug-likeness (QED) is 0.797. The minimum Gasteiger partial charge on any atom is -0.399 e. The number of methoxy groups -OCH3 is 1. The molecule has 0 spiro atoms. The summed E-state index contributed by atoms with van der Waals surface area (Å²) in [6.45, 7) is 1.40. The van der Waals surface area contributed by atoms with Gasteiger partial charge in [0, 0.05) is 37.5 Å². The maximum Gasteiger partial charge on any atom is 0.251 e. The zero-order valence-corrected chi connectivity index (χ0v) is 12.2. The van der Waals surface area contributed by atoms with Crippen LogP contribution in [0.3, 0.4) is 0 Å². The molecule has 3 N–H and O–H groups in total. The van der Waals surface area contributed by atoms with Gasteiger partial charge in [0.2, 0.25) is 5.91 Å². The van der Waals surface area contributed by atoms with Crippen LogP contribution in [0.5, 0.6) is 0 Å². The summed E-state index contributed by atoms with van der Waals surface area (Å²) in [6.07, 6.45) is 1.51. The number of carbonyl (C=O) groups is 2. The molecule has 1 aromatic carbocycles. The molecule has 1 aliphatic heterocycles. The Morgan fingerprint density at radius 1 is 1.38 bits per heavy atom. The molecular formula is C15H21N3O3. The van der Waals surface area contributed by atoms with Crippen LogP contribution in [0.15, 0.2) is 24.3 Å². The van der Waals surface area contributed by atoms with Crippen LogP contribution in [0, 0.1) is 0 Å². The van der Waals surface area contributed by atoms with E-state index in [1.54, 1.807) is 29.2 Å². The van der Waals surface area contributed by atoms with Crippen molar-refractivity contribution in [3.63, 3.8) is 0 Å². The maximum absolute atomic E-state index is 12.1. The molecule has 0 bridgehead atoms. The van der Waals surface area contributed by atoms with Crippen LogP contribution in [0.1, 0.15) is 23.2 Å². The minimum atomic E-state index is -0.121. The van der Waals surface area contributed by atoms with E-state index in [1.165, 1.54) is 7.11 Å². The second kappa shape index (κ2) is 7.08. The van der Waals surface area contributed by atoms with Crippen molar-refractivity contribution in [3.05, 3.63) is 29.8 Å². The van der Waals surface area contributed by atoms with Gasteiger partial charge < -0.3 is 20.7 Å². The molecule has 2 rings (SSSR count). The number of carbonyl (C=O) groups excluding carboxylic acids is 2. The van der Waals surface area contributed by atoms with Gasteiger partial charge in [-0.15, -0.1) is 0 Å². The first-order valence-electron chi connectivity index (χ1n) is 7.03. The van der Waals surface area contributed by atoms with Crippen molar-refractivity contribution in [3.8, 4) is 0 Å². The molecule has 1 saturated heterocycles. The van der Waals surface area contributed by atoms with E-state index in [4.69, 9.17) is 10.5 Å². The molecule has 1 aromatic rings. The summed E-state index contributed by atoms with van der Waals surface area (Å²) in [5.41, 5.74) is 6.81. The van der Waals surface area contributed by atoms with E-state index in [2.05, 4.69) is 5.32 Å². The van der Waals surface area contributed by atoms with Crippen LogP contribution < -0.4 is 11.1 Å². The number of hydrogen-bond acceptors (Lipinski definition) is 4. The summed E-state index contributed by atoms with van der Waals surface area (Å²) in [4.78, 5) is 25.6. The predicted octanol–water partition coefficient (Wildman–Crippen LogP) is 0.636. The van der Waals surface area contributed by atoms with Gasteiger partial charge >= 0.3 is 0 Å². The van der Waals surface area contributed by atoms with Crippen LogP contribution in [0.2, 0.25) is 0 Å². The van der Waals surface area contributed by atoms with E-state index < -0.39 is 0 Å². The molecule has 2 amide bonds. The summed E-state index contributed by atoms with van der Waals surface area (Å²) in [5, 5.41) is 2.99. The molecule has 21 heavy (non-hydrogen) atoms. The summed E-state index contributed by atoms with van der Waals surface area (Å²) in [7, 11) is 1.51. The summed E-state index contributed by atoms with van der Waals surface area (Å²) >= 11 is 0. The van der Waals surface area contributed by atoms with E-state index in [9.17, 15) is 9.59 Å². The molecule has 6 nitrogen and oxygen atoms in total. The smallest absolute Gasteiger partial charge is 0.251 e. The predicted molar refractivity (Wildman–Crippen MR) is 79.8 cm³/mol. The van der Waals surface area contributed by atoms with Crippen LogP contribution in [0.4, 0.5) is 5.69 Å². The van der Waals surface area contributed by atoms with Crippen molar-refractivity contribution in [2.75, 3.05) is 32.5 Å². The fourth-order valence-corrected chi connectivity index (χ4v) is 2.44. The molecule has 6 heteroatoms. The van der Waals surface area contributed by atoms with Gasteiger partial charge in [-0.3, -0.25) is 9.59 Å². The van der Waals surface area contributed by atoms with Crippen molar-refractivity contribution in [1.82, 2.24) is 10.2 Å². The monoisotopic (exact) mass is 291 g/mol. The number of nitrogen functional groups attached to an aromatic ring is 1. The van der Waals surface area contributed by atoms with Crippen molar-refractivity contribution < 1.29 is 14.3 Å². The number of nitrogens with one attached hydrogen (secondary N) is 1. The fraction of sp³-hybridized carbons (Fsp3) is 0.467. The number of ether oxygens (including phenoxy) is 1. The first-order valence-corrected chi connectivity index (χ1v) is 7.03. The lowest BCUT2D eigenvalue weighted by molar-refractivity contribution is -0.136. The molecule has 1 aliphatic rings. The number of piperidine rings is 1. The zero-order chi connectivity index (χ0) is 15.2. The van der Waals surface area contributed by atoms with Gasteiger partial charge in [0.1, 0.15) is 6.61 Å². The Labute approximate surface area is 124 Å². The SMILES string of the molecule is COCC(=O)N1CCC(NC(=O)c2cccc(N)c2)CC1. The average Bonchev–Trinajstić information content (AvgIpc) is 2.48. The first kappa shape index (κ1) is 15.3. The molecule has 0 radical (unpaired) electrons. The van der Waals surface area contributed by atoms with Gasteiger partial charge in [-0.1, -0.05) is 6.07 Å². The van der Waals surface area contributed by atoms with E-state index in [-0.39, 0.29) is 24.5 Å². The van der Waals surface area contributed by atoms with E-state index in [0.717, 1.165) is 12.8 Å².